The largest absolute Gasteiger partial charge is 1.00 e. The van der Waals surface area contributed by atoms with Crippen LogP contribution in [-0.4, -0.2) is 61.3 Å². The normalized spacial score (nSPS) is 23.5. The zero-order chi connectivity index (χ0) is 10.6. The molecule has 1 fully saturated rings. The summed E-state index contributed by atoms with van der Waals surface area (Å²) in [6.45, 7) is 1.75. The molecule has 0 amide bonds. The second kappa shape index (κ2) is 7.18. The van der Waals surface area contributed by atoms with Crippen molar-refractivity contribution in [2.45, 2.75) is 12.6 Å². The summed E-state index contributed by atoms with van der Waals surface area (Å²) in [4.78, 5) is 1.70. The van der Waals surface area contributed by atoms with Gasteiger partial charge in [-0.2, -0.15) is 0 Å². The quantitative estimate of drug-likeness (QED) is 0.398. The Bertz CT molecular complexity index is 271. The number of nitrogens with zero attached hydrogens (tertiary/aromatic N) is 1. The molecule has 84 valence electrons. The van der Waals surface area contributed by atoms with Crippen LogP contribution in [0.4, 0.5) is 0 Å². The van der Waals surface area contributed by atoms with Gasteiger partial charge in [-0.1, -0.05) is 0 Å². The fourth-order valence-electron chi connectivity index (χ4n) is 1.33. The van der Waals surface area contributed by atoms with Gasteiger partial charge in [-0.15, -0.1) is 0 Å². The Hall–Kier alpha value is 0.790. The number of morpholine rings is 1. The molecule has 1 aliphatic rings. The van der Waals surface area contributed by atoms with Gasteiger partial charge in [0.15, 0.2) is 0 Å². The first-order valence-electron chi connectivity index (χ1n) is 4.42. The molecule has 8 heteroatoms. The van der Waals surface area contributed by atoms with Crippen molar-refractivity contribution >= 4 is 10.1 Å². The molecule has 1 heterocycles. The van der Waals surface area contributed by atoms with Crippen molar-refractivity contribution in [1.29, 1.82) is 0 Å². The molecule has 0 bridgehead atoms. The summed E-state index contributed by atoms with van der Waals surface area (Å²) < 4.78 is 35.9. The minimum absolute atomic E-state index is 0. The van der Waals surface area contributed by atoms with E-state index >= 15 is 0 Å². The monoisotopic (exact) mass is 247 g/mol. The first-order chi connectivity index (χ1) is 6.49. The van der Waals surface area contributed by atoms with Gasteiger partial charge in [-0.25, -0.2) is 8.42 Å². The third-order valence-electron chi connectivity index (χ3n) is 2.05. The summed E-state index contributed by atoms with van der Waals surface area (Å²) in [5, 5.41) is 9.37. The number of aliphatic hydroxyl groups is 1. The van der Waals surface area contributed by atoms with Crippen molar-refractivity contribution in [1.82, 2.24) is 4.90 Å². The summed E-state index contributed by atoms with van der Waals surface area (Å²) in [7, 11) is -4.13. The van der Waals surface area contributed by atoms with E-state index in [0.717, 1.165) is 0 Å². The van der Waals surface area contributed by atoms with Crippen molar-refractivity contribution in [3.63, 3.8) is 0 Å². The minimum atomic E-state index is -4.13. The Morgan fingerprint density at radius 1 is 1.53 bits per heavy atom. The predicted molar refractivity (Wildman–Crippen MR) is 47.6 cm³/mol. The molecule has 1 unspecified atom stereocenters. The first-order valence-corrected chi connectivity index (χ1v) is 6.00. The molecule has 0 aromatic carbocycles. The van der Waals surface area contributed by atoms with Crippen LogP contribution >= 0.6 is 0 Å². The van der Waals surface area contributed by atoms with Crippen molar-refractivity contribution < 1.29 is 52.4 Å². The van der Waals surface area contributed by atoms with Crippen molar-refractivity contribution in [3.8, 4) is 0 Å². The maximum Gasteiger partial charge on any atom is 1.00 e. The molecule has 0 aromatic heterocycles. The third-order valence-corrected chi connectivity index (χ3v) is 2.84. The summed E-state index contributed by atoms with van der Waals surface area (Å²) in [5.74, 6) is -0.378. The molecule has 0 aliphatic carbocycles. The molecule has 0 aromatic rings. The van der Waals surface area contributed by atoms with E-state index in [0.29, 0.717) is 19.7 Å². The van der Waals surface area contributed by atoms with E-state index in [-0.39, 0.29) is 48.3 Å². The van der Waals surface area contributed by atoms with Crippen LogP contribution in [0.2, 0.25) is 0 Å². The van der Waals surface area contributed by atoms with Gasteiger partial charge < -0.3 is 14.4 Å². The van der Waals surface area contributed by atoms with Gasteiger partial charge in [0.2, 0.25) is 0 Å². The second-order valence-electron chi connectivity index (χ2n) is 3.21. The first kappa shape index (κ1) is 15.8. The Balaban J connectivity index is 0.00000196. The van der Waals surface area contributed by atoms with E-state index in [1.807, 2.05) is 0 Å². The molecule has 0 radical (unpaired) electrons. The molecule has 1 saturated heterocycles. The molecule has 1 rings (SSSR count). The van der Waals surface area contributed by atoms with Crippen LogP contribution in [0.15, 0.2) is 0 Å². The average Bonchev–Trinajstić information content (AvgIpc) is 2.06. The number of aliphatic hydroxyl groups excluding tert-OH is 1. The van der Waals surface area contributed by atoms with Gasteiger partial charge in [0, 0.05) is 18.8 Å². The van der Waals surface area contributed by atoms with Gasteiger partial charge in [-0.05, 0) is 6.42 Å². The van der Waals surface area contributed by atoms with Gasteiger partial charge >= 0.3 is 29.6 Å². The Morgan fingerprint density at radius 2 is 2.20 bits per heavy atom. The smallest absolute Gasteiger partial charge is 0.748 e. The van der Waals surface area contributed by atoms with Crippen LogP contribution in [-0.2, 0) is 14.9 Å². The van der Waals surface area contributed by atoms with Crippen LogP contribution in [0.3, 0.4) is 0 Å². The van der Waals surface area contributed by atoms with Crippen LogP contribution in [0, 0.1) is 0 Å². The Kier molecular flexibility index (Phi) is 7.56. The average molecular weight is 247 g/mol. The van der Waals surface area contributed by atoms with Crippen LogP contribution in [0.1, 0.15) is 6.42 Å². The van der Waals surface area contributed by atoms with Gasteiger partial charge in [0.25, 0.3) is 0 Å². The fourth-order valence-corrected chi connectivity index (χ4v) is 1.81. The van der Waals surface area contributed by atoms with Crippen LogP contribution in [0.5, 0.6) is 0 Å². The molecule has 1 N–H and O–H groups in total. The molecule has 0 saturated carbocycles. The van der Waals surface area contributed by atoms with Crippen LogP contribution < -0.4 is 29.6 Å². The fraction of sp³-hybridized carbons (Fsp3) is 1.00. The number of hydrogen-bond donors (Lipinski definition) is 1. The molecule has 1 aliphatic heterocycles. The van der Waals surface area contributed by atoms with Gasteiger partial charge in [-0.3, -0.25) is 4.90 Å². The molecule has 1 atom stereocenters. The predicted octanol–water partition coefficient (Wildman–Crippen LogP) is -4.42. The molecule has 15 heavy (non-hydrogen) atoms. The zero-order valence-electron chi connectivity index (χ0n) is 8.76. The van der Waals surface area contributed by atoms with E-state index in [9.17, 15) is 18.1 Å². The molecule has 6 nitrogen and oxygen atoms in total. The van der Waals surface area contributed by atoms with Gasteiger partial charge in [0.05, 0.1) is 23.3 Å². The number of rotatable bonds is 4. The van der Waals surface area contributed by atoms with Crippen molar-refractivity contribution in [3.05, 3.63) is 0 Å². The summed E-state index contributed by atoms with van der Waals surface area (Å²) >= 11 is 0. The van der Waals surface area contributed by atoms with E-state index in [1.165, 1.54) is 0 Å². The van der Waals surface area contributed by atoms with E-state index in [4.69, 9.17) is 4.74 Å². The van der Waals surface area contributed by atoms with Gasteiger partial charge in [0.1, 0.15) is 6.23 Å². The van der Waals surface area contributed by atoms with Crippen molar-refractivity contribution in [2.24, 2.45) is 0 Å². The molecule has 0 spiro atoms. The zero-order valence-corrected chi connectivity index (χ0v) is 11.6. The number of ether oxygens (including phenoxy) is 1. The summed E-state index contributed by atoms with van der Waals surface area (Å²) in [6, 6.07) is 0. The topological polar surface area (TPSA) is 89.9 Å². The number of hydrogen-bond acceptors (Lipinski definition) is 6. The van der Waals surface area contributed by atoms with Crippen molar-refractivity contribution in [2.75, 3.05) is 32.1 Å². The maximum atomic E-state index is 10.3. The van der Waals surface area contributed by atoms with E-state index < -0.39 is 16.3 Å². The summed E-state index contributed by atoms with van der Waals surface area (Å²) in [6.07, 6.45) is -0.429. The Labute approximate surface area is 112 Å². The minimum Gasteiger partial charge on any atom is -0.748 e. The van der Waals surface area contributed by atoms with E-state index in [1.54, 1.807) is 4.90 Å². The standard InChI is InChI=1S/C7H15NO5S.Na/c9-7-6-13-4-3-8(7)2-1-5-14(10,11)12;/h7,9H,1-6H2,(H,10,11,12);/q;+1/p-1. The Morgan fingerprint density at radius 3 is 2.73 bits per heavy atom. The SMILES string of the molecule is O=S(=O)([O-])CCCN1CCOCC1O.[Na+]. The third kappa shape index (κ3) is 6.85. The molecular weight excluding hydrogens is 233 g/mol. The maximum absolute atomic E-state index is 10.3. The summed E-state index contributed by atoms with van der Waals surface area (Å²) in [5.41, 5.74) is 0. The second-order valence-corrected chi connectivity index (χ2v) is 4.73. The van der Waals surface area contributed by atoms with E-state index in [2.05, 4.69) is 0 Å². The van der Waals surface area contributed by atoms with Crippen LogP contribution in [0.25, 0.3) is 0 Å². The molecular formula is C7H14NNaO5S.